The summed E-state index contributed by atoms with van der Waals surface area (Å²) in [7, 11) is 0. The van der Waals surface area contributed by atoms with Crippen LogP contribution in [0, 0.1) is 13.7 Å². The molecule has 0 atom stereocenters. The zero-order valence-electron chi connectivity index (χ0n) is 8.47. The minimum absolute atomic E-state index is 0.0578. The van der Waals surface area contributed by atoms with Crippen LogP contribution in [0.25, 0.3) is 0 Å². The number of nitrogens with zero attached hydrogens (tertiary/aromatic N) is 1. The maximum atomic E-state index is 12.4. The lowest BCUT2D eigenvalue weighted by atomic mass is 10.2. The van der Waals surface area contributed by atoms with Crippen LogP contribution in [0.4, 0.5) is 32.0 Å². The second-order valence-electron chi connectivity index (χ2n) is 3.11. The van der Waals surface area contributed by atoms with E-state index in [1.54, 1.807) is 0 Å². The van der Waals surface area contributed by atoms with E-state index in [0.717, 1.165) is 22.6 Å². The Morgan fingerprint density at radius 3 is 2.05 bits per heavy atom. The van der Waals surface area contributed by atoms with Gasteiger partial charge >= 0.3 is 12.5 Å². The zero-order valence-corrected chi connectivity index (χ0v) is 10.6. The van der Waals surface area contributed by atoms with Gasteiger partial charge in [-0.25, -0.2) is 0 Å². The topological polar surface area (TPSA) is 52.4 Å². The van der Waals surface area contributed by atoms with Gasteiger partial charge in [-0.2, -0.15) is 13.2 Å². The molecule has 106 valence electrons. The van der Waals surface area contributed by atoms with Crippen molar-refractivity contribution in [2.24, 2.45) is 0 Å². The number of alkyl halides is 6. The van der Waals surface area contributed by atoms with Crippen LogP contribution in [-0.2, 0) is 6.18 Å². The van der Waals surface area contributed by atoms with Gasteiger partial charge in [-0.3, -0.25) is 10.1 Å². The molecular formula is C8H2F6INO3. The van der Waals surface area contributed by atoms with Gasteiger partial charge in [-0.1, -0.05) is 0 Å². The fourth-order valence-corrected chi connectivity index (χ4v) is 1.70. The summed E-state index contributed by atoms with van der Waals surface area (Å²) in [6.07, 6.45) is -10.3. The lowest BCUT2D eigenvalue weighted by Crippen LogP contribution is -2.19. The Labute approximate surface area is 114 Å². The first-order valence-corrected chi connectivity index (χ1v) is 5.30. The molecule has 0 saturated carbocycles. The van der Waals surface area contributed by atoms with E-state index in [9.17, 15) is 36.5 Å². The lowest BCUT2D eigenvalue weighted by Gasteiger charge is -2.13. The molecule has 0 heterocycles. The quantitative estimate of drug-likeness (QED) is 0.325. The van der Waals surface area contributed by atoms with E-state index in [2.05, 4.69) is 4.74 Å². The Hall–Kier alpha value is -1.27. The van der Waals surface area contributed by atoms with Crippen LogP contribution in [0.1, 0.15) is 5.56 Å². The minimum atomic E-state index is -5.25. The highest BCUT2D eigenvalue weighted by molar-refractivity contribution is 14.1. The first kappa shape index (κ1) is 15.8. The SMILES string of the molecule is O=[N+]([O-])c1cc(C(F)(F)F)cc(OC(F)(F)F)c1I. The molecule has 0 spiro atoms. The van der Waals surface area contributed by atoms with Gasteiger partial charge < -0.3 is 4.74 Å². The number of rotatable bonds is 2. The van der Waals surface area contributed by atoms with Gasteiger partial charge in [0.15, 0.2) is 0 Å². The number of hydrogen-bond donors (Lipinski definition) is 0. The molecule has 0 amide bonds. The van der Waals surface area contributed by atoms with E-state index in [0.29, 0.717) is 0 Å². The molecule has 0 aliphatic rings. The highest BCUT2D eigenvalue weighted by atomic mass is 127. The van der Waals surface area contributed by atoms with Crippen LogP contribution < -0.4 is 4.74 Å². The Morgan fingerprint density at radius 1 is 1.16 bits per heavy atom. The maximum absolute atomic E-state index is 12.4. The number of benzene rings is 1. The predicted molar refractivity (Wildman–Crippen MR) is 57.5 cm³/mol. The van der Waals surface area contributed by atoms with E-state index >= 15 is 0 Å². The average Bonchev–Trinajstić information content (AvgIpc) is 2.16. The Morgan fingerprint density at radius 2 is 1.68 bits per heavy atom. The van der Waals surface area contributed by atoms with Crippen LogP contribution >= 0.6 is 22.6 Å². The molecule has 0 radical (unpaired) electrons. The molecule has 11 heteroatoms. The van der Waals surface area contributed by atoms with Crippen molar-refractivity contribution in [3.05, 3.63) is 31.4 Å². The molecule has 0 N–H and O–H groups in total. The molecule has 0 aliphatic heterocycles. The second kappa shape index (κ2) is 5.02. The molecule has 19 heavy (non-hydrogen) atoms. The number of ether oxygens (including phenoxy) is 1. The van der Waals surface area contributed by atoms with E-state index in [1.807, 2.05) is 0 Å². The molecule has 0 saturated heterocycles. The fraction of sp³-hybridized carbons (Fsp3) is 0.250. The van der Waals surface area contributed by atoms with Crippen LogP contribution in [0.3, 0.4) is 0 Å². The van der Waals surface area contributed by atoms with E-state index in [4.69, 9.17) is 0 Å². The number of hydrogen-bond acceptors (Lipinski definition) is 3. The van der Waals surface area contributed by atoms with Gasteiger partial charge in [0.05, 0.1) is 10.5 Å². The van der Waals surface area contributed by atoms with Gasteiger partial charge in [0.2, 0.25) is 0 Å². The molecule has 1 aromatic rings. The second-order valence-corrected chi connectivity index (χ2v) is 4.19. The maximum Gasteiger partial charge on any atom is 0.573 e. The molecule has 0 fully saturated rings. The highest BCUT2D eigenvalue weighted by Crippen LogP contribution is 2.40. The van der Waals surface area contributed by atoms with Crippen LogP contribution in [0.5, 0.6) is 5.75 Å². The van der Waals surface area contributed by atoms with Crippen molar-refractivity contribution >= 4 is 28.3 Å². The van der Waals surface area contributed by atoms with Crippen molar-refractivity contribution in [3.63, 3.8) is 0 Å². The van der Waals surface area contributed by atoms with Gasteiger partial charge in [0.1, 0.15) is 9.32 Å². The lowest BCUT2D eigenvalue weighted by molar-refractivity contribution is -0.386. The van der Waals surface area contributed by atoms with E-state index in [-0.39, 0.29) is 12.1 Å². The molecule has 1 rings (SSSR count). The Bertz CT molecular complexity index is 512. The van der Waals surface area contributed by atoms with Gasteiger partial charge in [-0.05, 0) is 28.7 Å². The third kappa shape index (κ3) is 4.11. The summed E-state index contributed by atoms with van der Waals surface area (Å²) in [5.41, 5.74) is -2.71. The standard InChI is InChI=1S/C8H2F6INO3/c9-7(10,11)3-1-4(16(17)18)6(15)5(2-3)19-8(12,13)14/h1-2H. The summed E-state index contributed by atoms with van der Waals surface area (Å²) < 4.78 is 75.9. The first-order chi connectivity index (χ1) is 8.42. The molecule has 0 bridgehead atoms. The van der Waals surface area contributed by atoms with E-state index in [1.165, 1.54) is 0 Å². The van der Waals surface area contributed by atoms with Crippen LogP contribution in [0.15, 0.2) is 12.1 Å². The largest absolute Gasteiger partial charge is 0.573 e. The summed E-state index contributed by atoms with van der Waals surface area (Å²) in [5, 5.41) is 10.5. The smallest absolute Gasteiger partial charge is 0.404 e. The molecular weight excluding hydrogens is 399 g/mol. The van der Waals surface area contributed by atoms with Crippen molar-refractivity contribution < 1.29 is 36.0 Å². The third-order valence-corrected chi connectivity index (χ3v) is 2.85. The van der Waals surface area contributed by atoms with Crippen molar-refractivity contribution in [2.45, 2.75) is 12.5 Å². The number of halogens is 7. The zero-order chi connectivity index (χ0) is 15.0. The number of nitro groups is 1. The first-order valence-electron chi connectivity index (χ1n) is 4.22. The van der Waals surface area contributed by atoms with Gasteiger partial charge in [0.25, 0.3) is 5.69 Å². The molecule has 0 aromatic heterocycles. The van der Waals surface area contributed by atoms with Crippen molar-refractivity contribution in [3.8, 4) is 5.75 Å². The van der Waals surface area contributed by atoms with Crippen molar-refractivity contribution in [2.75, 3.05) is 0 Å². The summed E-state index contributed by atoms with van der Waals surface area (Å²) >= 11 is 1.11. The van der Waals surface area contributed by atoms with Crippen molar-refractivity contribution in [1.82, 2.24) is 0 Å². The normalized spacial score (nSPS) is 12.4. The summed E-state index contributed by atoms with van der Waals surface area (Å²) in [6.45, 7) is 0. The average molecular weight is 401 g/mol. The summed E-state index contributed by atoms with van der Waals surface area (Å²) in [4.78, 5) is 9.29. The van der Waals surface area contributed by atoms with Gasteiger partial charge in [-0.15, -0.1) is 13.2 Å². The monoisotopic (exact) mass is 401 g/mol. The molecule has 1 aromatic carbocycles. The molecule has 0 unspecified atom stereocenters. The Balaban J connectivity index is 3.45. The molecule has 4 nitrogen and oxygen atoms in total. The Kier molecular flexibility index (Phi) is 4.17. The third-order valence-electron chi connectivity index (χ3n) is 1.77. The van der Waals surface area contributed by atoms with Crippen molar-refractivity contribution in [1.29, 1.82) is 0 Å². The van der Waals surface area contributed by atoms with Crippen LogP contribution in [-0.4, -0.2) is 11.3 Å². The minimum Gasteiger partial charge on any atom is -0.404 e. The summed E-state index contributed by atoms with van der Waals surface area (Å²) in [6, 6.07) is 0.202. The summed E-state index contributed by atoms with van der Waals surface area (Å²) in [5.74, 6) is -1.27. The van der Waals surface area contributed by atoms with Crippen LogP contribution in [0.2, 0.25) is 0 Å². The molecule has 0 aliphatic carbocycles. The van der Waals surface area contributed by atoms with E-state index < -0.39 is 38.0 Å². The fourth-order valence-electron chi connectivity index (χ4n) is 1.08. The predicted octanol–water partition coefficient (Wildman–Crippen LogP) is 4.12. The van der Waals surface area contributed by atoms with Gasteiger partial charge in [0, 0.05) is 6.07 Å². The number of nitro benzene ring substituents is 1. The highest BCUT2D eigenvalue weighted by Gasteiger charge is 2.38.